The Morgan fingerprint density at radius 3 is 2.69 bits per heavy atom. The first-order chi connectivity index (χ1) is 12.0. The topological polar surface area (TPSA) is 76.9 Å². The van der Waals surface area contributed by atoms with Crippen molar-refractivity contribution >= 4 is 41.3 Å². The van der Waals surface area contributed by atoms with E-state index in [1.54, 1.807) is 19.1 Å². The minimum absolute atomic E-state index is 0. The SMILES string of the molecule is CCNC(=NCc1ccc(F)c(CO)c1)NCC(C)(O)c1cccs1.I. The molecule has 0 aliphatic heterocycles. The highest BCUT2D eigenvalue weighted by molar-refractivity contribution is 14.0. The molecular formula is C18H25FIN3O2S. The number of hydrogen-bond donors (Lipinski definition) is 4. The summed E-state index contributed by atoms with van der Waals surface area (Å²) >= 11 is 1.50. The summed E-state index contributed by atoms with van der Waals surface area (Å²) in [4.78, 5) is 5.33. The summed E-state index contributed by atoms with van der Waals surface area (Å²) in [5.41, 5.74) is 0.0588. The molecule has 1 atom stereocenters. The Morgan fingerprint density at radius 2 is 2.08 bits per heavy atom. The first-order valence-electron chi connectivity index (χ1n) is 8.13. The van der Waals surface area contributed by atoms with Gasteiger partial charge in [0.1, 0.15) is 11.4 Å². The highest BCUT2D eigenvalue weighted by Crippen LogP contribution is 2.24. The van der Waals surface area contributed by atoms with E-state index in [0.717, 1.165) is 10.4 Å². The second-order valence-corrected chi connectivity index (χ2v) is 6.83. The number of aliphatic hydroxyl groups excluding tert-OH is 1. The number of rotatable bonds is 7. The molecule has 0 fully saturated rings. The van der Waals surface area contributed by atoms with E-state index in [2.05, 4.69) is 15.6 Å². The average molecular weight is 493 g/mol. The minimum atomic E-state index is -0.996. The van der Waals surface area contributed by atoms with Crippen molar-refractivity contribution in [3.05, 3.63) is 57.5 Å². The Hall–Kier alpha value is -1.23. The van der Waals surface area contributed by atoms with Gasteiger partial charge in [0.2, 0.25) is 0 Å². The fourth-order valence-electron chi connectivity index (χ4n) is 2.29. The van der Waals surface area contributed by atoms with Gasteiger partial charge >= 0.3 is 0 Å². The van der Waals surface area contributed by atoms with E-state index in [1.165, 1.54) is 17.4 Å². The molecule has 0 bridgehead atoms. The molecule has 144 valence electrons. The van der Waals surface area contributed by atoms with Crippen LogP contribution in [0.1, 0.15) is 29.9 Å². The summed E-state index contributed by atoms with van der Waals surface area (Å²) in [6, 6.07) is 8.37. The lowest BCUT2D eigenvalue weighted by Crippen LogP contribution is -2.44. The van der Waals surface area contributed by atoms with Gasteiger partial charge in [0.25, 0.3) is 0 Å². The van der Waals surface area contributed by atoms with Gasteiger partial charge in [-0.3, -0.25) is 0 Å². The second kappa shape index (κ2) is 10.8. The molecule has 4 N–H and O–H groups in total. The molecule has 2 aromatic rings. The summed E-state index contributed by atoms with van der Waals surface area (Å²) in [5.74, 6) is 0.140. The predicted molar refractivity (Wildman–Crippen MR) is 114 cm³/mol. The van der Waals surface area contributed by atoms with Gasteiger partial charge in [-0.2, -0.15) is 0 Å². The van der Waals surface area contributed by atoms with Gasteiger partial charge in [-0.25, -0.2) is 9.38 Å². The number of nitrogens with one attached hydrogen (secondary N) is 2. The Bertz CT molecular complexity index is 708. The Balaban J connectivity index is 0.00000338. The zero-order valence-corrected chi connectivity index (χ0v) is 18.0. The predicted octanol–water partition coefficient (Wildman–Crippen LogP) is 2.96. The van der Waals surface area contributed by atoms with Crippen LogP contribution in [0.3, 0.4) is 0 Å². The first kappa shape index (κ1) is 22.8. The maximum atomic E-state index is 13.4. The van der Waals surface area contributed by atoms with E-state index in [4.69, 9.17) is 5.11 Å². The normalized spacial score (nSPS) is 13.7. The van der Waals surface area contributed by atoms with Crippen molar-refractivity contribution in [2.24, 2.45) is 4.99 Å². The molecule has 1 heterocycles. The van der Waals surface area contributed by atoms with E-state index in [1.807, 2.05) is 24.4 Å². The summed E-state index contributed by atoms with van der Waals surface area (Å²) in [6.45, 7) is 4.69. The van der Waals surface area contributed by atoms with Crippen LogP contribution in [-0.2, 0) is 18.8 Å². The van der Waals surface area contributed by atoms with Gasteiger partial charge in [0.05, 0.1) is 19.7 Å². The quantitative estimate of drug-likeness (QED) is 0.272. The lowest BCUT2D eigenvalue weighted by Gasteiger charge is -2.23. The average Bonchev–Trinajstić information content (AvgIpc) is 3.14. The van der Waals surface area contributed by atoms with Crippen molar-refractivity contribution in [2.45, 2.75) is 32.6 Å². The molecule has 0 spiro atoms. The zero-order valence-electron chi connectivity index (χ0n) is 14.8. The first-order valence-corrected chi connectivity index (χ1v) is 9.01. The summed E-state index contributed by atoms with van der Waals surface area (Å²) in [5, 5.41) is 27.9. The Morgan fingerprint density at radius 1 is 1.31 bits per heavy atom. The van der Waals surface area contributed by atoms with E-state index in [-0.39, 0.29) is 36.1 Å². The molecule has 1 aromatic carbocycles. The number of guanidine groups is 1. The summed E-state index contributed by atoms with van der Waals surface area (Å²) in [7, 11) is 0. The van der Waals surface area contributed by atoms with Crippen LogP contribution >= 0.6 is 35.3 Å². The van der Waals surface area contributed by atoms with Gasteiger partial charge in [-0.05, 0) is 43.0 Å². The number of aliphatic hydroxyl groups is 2. The lowest BCUT2D eigenvalue weighted by molar-refractivity contribution is 0.0655. The molecule has 0 saturated carbocycles. The third-order valence-corrected chi connectivity index (χ3v) is 4.82. The zero-order chi connectivity index (χ0) is 18.3. The van der Waals surface area contributed by atoms with Crippen LogP contribution in [0.25, 0.3) is 0 Å². The van der Waals surface area contributed by atoms with Crippen molar-refractivity contribution in [1.82, 2.24) is 10.6 Å². The maximum Gasteiger partial charge on any atom is 0.191 e. The van der Waals surface area contributed by atoms with Gasteiger partial charge in [0.15, 0.2) is 5.96 Å². The van der Waals surface area contributed by atoms with Crippen LogP contribution in [0, 0.1) is 5.82 Å². The molecule has 0 aliphatic carbocycles. The highest BCUT2D eigenvalue weighted by Gasteiger charge is 2.24. The summed E-state index contributed by atoms with van der Waals surface area (Å²) < 4.78 is 13.4. The number of aliphatic imine (C=N–C) groups is 1. The highest BCUT2D eigenvalue weighted by atomic mass is 127. The minimum Gasteiger partial charge on any atom is -0.392 e. The van der Waals surface area contributed by atoms with Crippen molar-refractivity contribution in [2.75, 3.05) is 13.1 Å². The second-order valence-electron chi connectivity index (χ2n) is 5.88. The monoisotopic (exact) mass is 493 g/mol. The fraction of sp³-hybridized carbons (Fsp3) is 0.389. The molecule has 5 nitrogen and oxygen atoms in total. The molecule has 8 heteroatoms. The lowest BCUT2D eigenvalue weighted by atomic mass is 10.1. The van der Waals surface area contributed by atoms with Crippen LogP contribution in [0.15, 0.2) is 40.7 Å². The largest absolute Gasteiger partial charge is 0.392 e. The molecular weight excluding hydrogens is 468 g/mol. The molecule has 0 aliphatic rings. The third kappa shape index (κ3) is 6.49. The standard InChI is InChI=1S/C18H24FN3O2S.HI/c1-3-20-17(22-12-18(2,24)16-5-4-8-25-16)21-10-13-6-7-15(19)14(9-13)11-23;/h4-9,23-24H,3,10-12H2,1-2H3,(H2,20,21,22);1H. The molecule has 0 radical (unpaired) electrons. The van der Waals surface area contributed by atoms with Crippen LogP contribution in [-0.4, -0.2) is 29.3 Å². The van der Waals surface area contributed by atoms with Crippen molar-refractivity contribution in [3.8, 4) is 0 Å². The molecule has 1 aromatic heterocycles. The van der Waals surface area contributed by atoms with Crippen LogP contribution in [0.2, 0.25) is 0 Å². The Kier molecular flexibility index (Phi) is 9.48. The Labute approximate surface area is 174 Å². The van der Waals surface area contributed by atoms with Crippen molar-refractivity contribution in [3.63, 3.8) is 0 Å². The van der Waals surface area contributed by atoms with Crippen molar-refractivity contribution in [1.29, 1.82) is 0 Å². The van der Waals surface area contributed by atoms with Crippen molar-refractivity contribution < 1.29 is 14.6 Å². The van der Waals surface area contributed by atoms with E-state index in [9.17, 15) is 9.50 Å². The van der Waals surface area contributed by atoms with Gasteiger partial charge < -0.3 is 20.8 Å². The number of nitrogens with zero attached hydrogens (tertiary/aromatic N) is 1. The van der Waals surface area contributed by atoms with Crippen LogP contribution in [0.4, 0.5) is 4.39 Å². The van der Waals surface area contributed by atoms with Gasteiger partial charge in [-0.1, -0.05) is 12.1 Å². The van der Waals surface area contributed by atoms with E-state index >= 15 is 0 Å². The summed E-state index contributed by atoms with van der Waals surface area (Å²) in [6.07, 6.45) is 0. The van der Waals surface area contributed by atoms with Crippen LogP contribution in [0.5, 0.6) is 0 Å². The maximum absolute atomic E-state index is 13.4. The molecule has 2 rings (SSSR count). The van der Waals surface area contributed by atoms with Crippen LogP contribution < -0.4 is 10.6 Å². The smallest absolute Gasteiger partial charge is 0.191 e. The molecule has 26 heavy (non-hydrogen) atoms. The van der Waals surface area contributed by atoms with E-state index in [0.29, 0.717) is 25.6 Å². The molecule has 0 saturated heterocycles. The number of thiophene rings is 1. The fourth-order valence-corrected chi connectivity index (χ4v) is 3.07. The van der Waals surface area contributed by atoms with Gasteiger partial charge in [-0.15, -0.1) is 35.3 Å². The molecule has 0 amide bonds. The van der Waals surface area contributed by atoms with Gasteiger partial charge in [0, 0.05) is 17.0 Å². The third-order valence-electron chi connectivity index (χ3n) is 3.70. The number of halogens is 2. The number of benzene rings is 1. The number of hydrogen-bond acceptors (Lipinski definition) is 4. The molecule has 1 unspecified atom stereocenters. The van der Waals surface area contributed by atoms with E-state index < -0.39 is 11.4 Å².